The molecule has 0 aliphatic rings. The van der Waals surface area contributed by atoms with Gasteiger partial charge >= 0.3 is 0 Å². The first-order valence-corrected chi connectivity index (χ1v) is 17.7. The van der Waals surface area contributed by atoms with Gasteiger partial charge in [0, 0.05) is 0 Å². The third-order valence-electron chi connectivity index (χ3n) is 9.48. The fourth-order valence-corrected chi connectivity index (χ4v) is 7.54. The van der Waals surface area contributed by atoms with Crippen LogP contribution in [0.4, 0.5) is 0 Å². The van der Waals surface area contributed by atoms with E-state index in [4.69, 9.17) is 0 Å². The molecular formula is C44H64. The maximum absolute atomic E-state index is 2.37. The van der Waals surface area contributed by atoms with E-state index in [1.54, 1.807) is 22.3 Å². The van der Waals surface area contributed by atoms with Crippen LogP contribution in [-0.4, -0.2) is 0 Å². The van der Waals surface area contributed by atoms with E-state index >= 15 is 0 Å². The van der Waals surface area contributed by atoms with Crippen molar-refractivity contribution >= 4 is 21.5 Å². The highest BCUT2D eigenvalue weighted by Gasteiger charge is 2.21. The van der Waals surface area contributed by atoms with Crippen molar-refractivity contribution < 1.29 is 0 Å². The predicted octanol–water partition coefficient (Wildman–Crippen LogP) is 14.7. The van der Waals surface area contributed by atoms with Gasteiger partial charge in [-0.1, -0.05) is 159 Å². The molecule has 0 bridgehead atoms. The minimum atomic E-state index is 0.556. The zero-order chi connectivity index (χ0) is 33.2. The Hall–Kier alpha value is -2.60. The minimum absolute atomic E-state index is 0.556. The van der Waals surface area contributed by atoms with E-state index in [-0.39, 0.29) is 0 Å². The van der Waals surface area contributed by atoms with Crippen LogP contribution in [0.15, 0.2) is 48.5 Å². The Balaban J connectivity index is 0.000000240. The van der Waals surface area contributed by atoms with Crippen molar-refractivity contribution in [2.45, 2.75) is 158 Å². The molecule has 0 heterocycles. The highest BCUT2D eigenvalue weighted by atomic mass is 14.3. The van der Waals surface area contributed by atoms with E-state index < -0.39 is 0 Å². The Morgan fingerprint density at radius 3 is 0.773 bits per heavy atom. The lowest BCUT2D eigenvalue weighted by Crippen LogP contribution is -2.06. The molecule has 0 heteroatoms. The molecule has 0 aliphatic carbocycles. The van der Waals surface area contributed by atoms with Gasteiger partial charge in [0.2, 0.25) is 0 Å². The molecule has 4 aromatic carbocycles. The minimum Gasteiger partial charge on any atom is -0.0587 e. The van der Waals surface area contributed by atoms with Crippen LogP contribution in [0.2, 0.25) is 0 Å². The number of benzene rings is 4. The lowest BCUT2D eigenvalue weighted by molar-refractivity contribution is 0.780. The summed E-state index contributed by atoms with van der Waals surface area (Å²) >= 11 is 0. The summed E-state index contributed by atoms with van der Waals surface area (Å²) in [5, 5.41) is 5.87. The van der Waals surface area contributed by atoms with Gasteiger partial charge in [-0.2, -0.15) is 0 Å². The van der Waals surface area contributed by atoms with Gasteiger partial charge in [-0.25, -0.2) is 0 Å². The second-order valence-corrected chi connectivity index (χ2v) is 15.7. The van der Waals surface area contributed by atoms with E-state index in [2.05, 4.69) is 159 Å². The molecule has 0 radical (unpaired) electrons. The average Bonchev–Trinajstić information content (AvgIpc) is 2.93. The normalized spacial score (nSPS) is 12.4. The van der Waals surface area contributed by atoms with Crippen LogP contribution in [0.3, 0.4) is 0 Å². The molecule has 0 spiro atoms. The maximum Gasteiger partial charge on any atom is -0.0109 e. The fraction of sp³-hybridized carbons (Fsp3) is 0.545. The van der Waals surface area contributed by atoms with E-state index in [1.807, 2.05) is 0 Å². The molecule has 0 saturated heterocycles. The Kier molecular flexibility index (Phi) is 12.0. The summed E-state index contributed by atoms with van der Waals surface area (Å²) in [7, 11) is 0. The van der Waals surface area contributed by atoms with Gasteiger partial charge in [0.15, 0.2) is 0 Å². The monoisotopic (exact) mass is 593 g/mol. The smallest absolute Gasteiger partial charge is 0.0109 e. The van der Waals surface area contributed by atoms with Gasteiger partial charge < -0.3 is 0 Å². The second-order valence-electron chi connectivity index (χ2n) is 15.7. The third-order valence-corrected chi connectivity index (χ3v) is 9.48. The summed E-state index contributed by atoms with van der Waals surface area (Å²) in [6.07, 6.45) is 0. The maximum atomic E-state index is 2.37. The van der Waals surface area contributed by atoms with Crippen LogP contribution in [0.5, 0.6) is 0 Å². The van der Waals surface area contributed by atoms with Gasteiger partial charge in [0.05, 0.1) is 0 Å². The van der Waals surface area contributed by atoms with Gasteiger partial charge in [-0.05, 0) is 113 Å². The second kappa shape index (κ2) is 14.7. The van der Waals surface area contributed by atoms with Crippen LogP contribution < -0.4 is 0 Å². The van der Waals surface area contributed by atoms with Crippen molar-refractivity contribution in [3.05, 3.63) is 93.0 Å². The number of fused-ring (bicyclic) bond motifs is 2. The molecule has 240 valence electrons. The first-order chi connectivity index (χ1) is 20.5. The molecule has 0 aliphatic heterocycles. The molecular weight excluding hydrogens is 528 g/mol. The van der Waals surface area contributed by atoms with Gasteiger partial charge in [0.1, 0.15) is 0 Å². The van der Waals surface area contributed by atoms with Gasteiger partial charge in [-0.15, -0.1) is 0 Å². The molecule has 4 aromatic rings. The fourth-order valence-electron chi connectivity index (χ4n) is 7.54. The topological polar surface area (TPSA) is 0 Å². The summed E-state index contributed by atoms with van der Waals surface area (Å²) in [5.41, 5.74) is 12.3. The van der Waals surface area contributed by atoms with Crippen LogP contribution in [0.25, 0.3) is 21.5 Å². The Bertz CT molecular complexity index is 1440. The van der Waals surface area contributed by atoms with Crippen molar-refractivity contribution in [1.82, 2.24) is 0 Å². The molecule has 44 heavy (non-hydrogen) atoms. The molecule has 0 fully saturated rings. The number of rotatable bonds is 8. The van der Waals surface area contributed by atoms with Crippen molar-refractivity contribution in [1.29, 1.82) is 0 Å². The molecule has 0 N–H and O–H groups in total. The molecule has 0 saturated carbocycles. The van der Waals surface area contributed by atoms with Crippen molar-refractivity contribution in [3.8, 4) is 0 Å². The molecule has 4 rings (SSSR count). The van der Waals surface area contributed by atoms with E-state index in [0.29, 0.717) is 47.3 Å². The molecule has 0 unspecified atom stereocenters. The Labute approximate surface area is 272 Å². The SMILES string of the molecule is CC(C)c1ccc2c(C(C)C)c(C(C)C)ccc2c1C(C)C.CC(C)c1ccc2ccc(C(C)C)c(C(C)C)c2c1C(C)C. The van der Waals surface area contributed by atoms with Gasteiger partial charge in [0.25, 0.3) is 0 Å². The summed E-state index contributed by atoms with van der Waals surface area (Å²) < 4.78 is 0. The summed E-state index contributed by atoms with van der Waals surface area (Å²) in [6.45, 7) is 37.1. The van der Waals surface area contributed by atoms with Crippen LogP contribution >= 0.6 is 0 Å². The standard InChI is InChI=1S/2C22H32/c1-13(2)17-9-11-20-19(21(17)15(5)6)12-10-18(14(3)4)22(20)16(7)8;1-13(2)18-11-9-17-10-12-19(14(3)4)21(16(7)8)22(17)20(18)15(5)6/h2*9-16H,1-8H3. The summed E-state index contributed by atoms with van der Waals surface area (Å²) in [4.78, 5) is 0. The first kappa shape index (κ1) is 35.9. The van der Waals surface area contributed by atoms with Crippen molar-refractivity contribution in [2.75, 3.05) is 0 Å². The Morgan fingerprint density at radius 2 is 0.523 bits per heavy atom. The number of hydrogen-bond acceptors (Lipinski definition) is 0. The van der Waals surface area contributed by atoms with E-state index in [9.17, 15) is 0 Å². The number of hydrogen-bond donors (Lipinski definition) is 0. The lowest BCUT2D eigenvalue weighted by atomic mass is 9.79. The molecule has 0 aromatic heterocycles. The summed E-state index contributed by atoms with van der Waals surface area (Å²) in [6, 6.07) is 18.8. The molecule has 0 amide bonds. The highest BCUT2D eigenvalue weighted by molar-refractivity contribution is 5.93. The quantitative estimate of drug-likeness (QED) is 0.191. The van der Waals surface area contributed by atoms with Crippen LogP contribution in [-0.2, 0) is 0 Å². The Morgan fingerprint density at radius 1 is 0.273 bits per heavy atom. The van der Waals surface area contributed by atoms with Crippen LogP contribution in [0, 0.1) is 0 Å². The first-order valence-electron chi connectivity index (χ1n) is 17.7. The lowest BCUT2D eigenvalue weighted by Gasteiger charge is -2.25. The summed E-state index contributed by atoms with van der Waals surface area (Å²) in [5.74, 6) is 4.54. The van der Waals surface area contributed by atoms with E-state index in [0.717, 1.165) is 0 Å². The zero-order valence-corrected chi connectivity index (χ0v) is 31.2. The largest absolute Gasteiger partial charge is 0.0587 e. The molecule has 0 atom stereocenters. The third kappa shape index (κ3) is 7.27. The molecule has 0 nitrogen and oxygen atoms in total. The zero-order valence-electron chi connectivity index (χ0n) is 31.2. The van der Waals surface area contributed by atoms with Crippen molar-refractivity contribution in [3.63, 3.8) is 0 Å². The van der Waals surface area contributed by atoms with Gasteiger partial charge in [-0.3, -0.25) is 0 Å². The van der Waals surface area contributed by atoms with E-state index in [1.165, 1.54) is 43.8 Å². The van der Waals surface area contributed by atoms with Crippen LogP contribution in [0.1, 0.15) is 203 Å². The van der Waals surface area contributed by atoms with Crippen molar-refractivity contribution in [2.24, 2.45) is 0 Å². The highest BCUT2D eigenvalue weighted by Crippen LogP contribution is 2.41. The predicted molar refractivity (Wildman–Crippen MR) is 201 cm³/mol. The average molecular weight is 593 g/mol.